The maximum Gasteiger partial charge on any atom is 0.245 e. The molecular weight excluding hydrogens is 238 g/mol. The maximum absolute atomic E-state index is 12.6. The first-order chi connectivity index (χ1) is 9.00. The minimum atomic E-state index is -0.109. The summed E-state index contributed by atoms with van der Waals surface area (Å²) >= 11 is 0. The second kappa shape index (κ2) is 5.72. The Labute approximate surface area is 115 Å². The number of benzene rings is 1. The molecule has 1 N–H and O–H groups in total. The molecule has 0 aromatic heterocycles. The zero-order valence-electron chi connectivity index (χ0n) is 12.2. The summed E-state index contributed by atoms with van der Waals surface area (Å²) in [5.41, 5.74) is 3.41. The average molecular weight is 261 g/mol. The number of amides is 1. The van der Waals surface area contributed by atoms with E-state index in [-0.39, 0.29) is 11.9 Å². The van der Waals surface area contributed by atoms with Crippen LogP contribution in [0.1, 0.15) is 11.1 Å². The van der Waals surface area contributed by atoms with E-state index in [1.165, 1.54) is 11.1 Å². The van der Waals surface area contributed by atoms with Crippen molar-refractivity contribution in [3.8, 4) is 0 Å². The van der Waals surface area contributed by atoms with Crippen LogP contribution in [-0.4, -0.2) is 50.6 Å². The van der Waals surface area contributed by atoms with Crippen LogP contribution in [0.25, 0.3) is 0 Å². The van der Waals surface area contributed by atoms with Gasteiger partial charge in [0.2, 0.25) is 5.91 Å². The molecule has 1 atom stereocenters. The third-order valence-electron chi connectivity index (χ3n) is 3.55. The Morgan fingerprint density at radius 3 is 2.53 bits per heavy atom. The Morgan fingerprint density at radius 1 is 1.32 bits per heavy atom. The SMILES string of the molecule is Cc1cccc(C)c1N1CCNC(CN(C)C)C1=O. The topological polar surface area (TPSA) is 35.6 Å². The molecule has 1 aromatic carbocycles. The highest BCUT2D eigenvalue weighted by Gasteiger charge is 2.30. The average Bonchev–Trinajstić information content (AvgIpc) is 2.33. The van der Waals surface area contributed by atoms with Crippen LogP contribution in [0.5, 0.6) is 0 Å². The van der Waals surface area contributed by atoms with Gasteiger partial charge in [-0.15, -0.1) is 0 Å². The lowest BCUT2D eigenvalue weighted by atomic mass is 10.1. The predicted molar refractivity (Wildman–Crippen MR) is 78.6 cm³/mol. The van der Waals surface area contributed by atoms with Crippen LogP contribution in [0.3, 0.4) is 0 Å². The Hall–Kier alpha value is -1.39. The number of carbonyl (C=O) groups excluding carboxylic acids is 1. The first-order valence-corrected chi connectivity index (χ1v) is 6.76. The molecule has 0 aliphatic carbocycles. The van der Waals surface area contributed by atoms with E-state index in [2.05, 4.69) is 31.3 Å². The lowest BCUT2D eigenvalue weighted by Gasteiger charge is -2.35. The minimum absolute atomic E-state index is 0.109. The van der Waals surface area contributed by atoms with Crippen LogP contribution in [-0.2, 0) is 4.79 Å². The molecule has 4 heteroatoms. The number of carbonyl (C=O) groups is 1. The second-order valence-electron chi connectivity index (χ2n) is 5.50. The molecular formula is C15H23N3O. The molecule has 1 amide bonds. The molecule has 0 saturated carbocycles. The van der Waals surface area contributed by atoms with Crippen LogP contribution in [0, 0.1) is 13.8 Å². The molecule has 1 saturated heterocycles. The van der Waals surface area contributed by atoms with E-state index in [1.807, 2.05) is 30.0 Å². The molecule has 19 heavy (non-hydrogen) atoms. The van der Waals surface area contributed by atoms with Crippen LogP contribution in [0.2, 0.25) is 0 Å². The summed E-state index contributed by atoms with van der Waals surface area (Å²) in [5, 5.41) is 3.31. The van der Waals surface area contributed by atoms with Gasteiger partial charge in [-0.3, -0.25) is 4.79 Å². The molecule has 1 aliphatic heterocycles. The van der Waals surface area contributed by atoms with E-state index in [0.717, 1.165) is 25.3 Å². The highest BCUT2D eigenvalue weighted by atomic mass is 16.2. The van der Waals surface area contributed by atoms with Gasteiger partial charge in [0.05, 0.1) is 0 Å². The van der Waals surface area contributed by atoms with E-state index >= 15 is 0 Å². The highest BCUT2D eigenvalue weighted by Crippen LogP contribution is 2.26. The molecule has 104 valence electrons. The van der Waals surface area contributed by atoms with Crippen LogP contribution in [0.15, 0.2) is 18.2 Å². The Morgan fingerprint density at radius 2 is 1.95 bits per heavy atom. The van der Waals surface area contributed by atoms with Crippen molar-refractivity contribution in [3.05, 3.63) is 29.3 Å². The number of nitrogens with zero attached hydrogens (tertiary/aromatic N) is 2. The molecule has 0 radical (unpaired) electrons. The number of likely N-dealkylation sites (N-methyl/N-ethyl adjacent to an activating group) is 1. The Bertz CT molecular complexity index is 450. The van der Waals surface area contributed by atoms with Gasteiger partial charge in [0.25, 0.3) is 0 Å². The van der Waals surface area contributed by atoms with E-state index in [9.17, 15) is 4.79 Å². The van der Waals surface area contributed by atoms with Crippen LogP contribution >= 0.6 is 0 Å². The zero-order chi connectivity index (χ0) is 14.0. The molecule has 4 nitrogen and oxygen atoms in total. The van der Waals surface area contributed by atoms with Crippen molar-refractivity contribution in [1.29, 1.82) is 0 Å². The molecule has 1 heterocycles. The maximum atomic E-state index is 12.6. The monoisotopic (exact) mass is 261 g/mol. The first-order valence-electron chi connectivity index (χ1n) is 6.76. The lowest BCUT2D eigenvalue weighted by Crippen LogP contribution is -2.58. The van der Waals surface area contributed by atoms with Crippen molar-refractivity contribution < 1.29 is 4.79 Å². The van der Waals surface area contributed by atoms with Gasteiger partial charge in [-0.05, 0) is 39.1 Å². The third kappa shape index (κ3) is 2.96. The van der Waals surface area contributed by atoms with E-state index in [0.29, 0.717) is 0 Å². The Balaban J connectivity index is 2.27. The number of nitrogens with one attached hydrogen (secondary N) is 1. The van der Waals surface area contributed by atoms with Crippen molar-refractivity contribution >= 4 is 11.6 Å². The van der Waals surface area contributed by atoms with Gasteiger partial charge in [-0.1, -0.05) is 18.2 Å². The number of piperazine rings is 1. The number of anilines is 1. The zero-order valence-corrected chi connectivity index (χ0v) is 12.2. The normalized spacial score (nSPS) is 20.2. The molecule has 0 spiro atoms. The summed E-state index contributed by atoms with van der Waals surface area (Å²) < 4.78 is 0. The number of hydrogen-bond donors (Lipinski definition) is 1. The van der Waals surface area contributed by atoms with Gasteiger partial charge in [-0.25, -0.2) is 0 Å². The van der Waals surface area contributed by atoms with Crippen molar-refractivity contribution in [2.24, 2.45) is 0 Å². The number of hydrogen-bond acceptors (Lipinski definition) is 3. The van der Waals surface area contributed by atoms with Crippen molar-refractivity contribution in [2.75, 3.05) is 38.6 Å². The van der Waals surface area contributed by atoms with E-state index in [1.54, 1.807) is 0 Å². The molecule has 0 bridgehead atoms. The standard InChI is InChI=1S/C15H23N3O/c1-11-6-5-7-12(2)14(11)18-9-8-16-13(15(18)19)10-17(3)4/h5-7,13,16H,8-10H2,1-4H3. The summed E-state index contributed by atoms with van der Waals surface area (Å²) in [6, 6.07) is 6.07. The predicted octanol–water partition coefficient (Wildman–Crippen LogP) is 1.17. The summed E-state index contributed by atoms with van der Waals surface area (Å²) in [6.07, 6.45) is 0. The van der Waals surface area contributed by atoms with Gasteiger partial charge < -0.3 is 15.1 Å². The van der Waals surface area contributed by atoms with E-state index in [4.69, 9.17) is 0 Å². The highest BCUT2D eigenvalue weighted by molar-refractivity contribution is 5.99. The fourth-order valence-electron chi connectivity index (χ4n) is 2.70. The number of rotatable bonds is 3. The first kappa shape index (κ1) is 14.0. The quantitative estimate of drug-likeness (QED) is 0.887. The van der Waals surface area contributed by atoms with Crippen molar-refractivity contribution in [3.63, 3.8) is 0 Å². The van der Waals surface area contributed by atoms with Gasteiger partial charge in [0, 0.05) is 25.3 Å². The fourth-order valence-corrected chi connectivity index (χ4v) is 2.70. The van der Waals surface area contributed by atoms with Crippen LogP contribution in [0.4, 0.5) is 5.69 Å². The largest absolute Gasteiger partial charge is 0.309 e. The van der Waals surface area contributed by atoms with Crippen molar-refractivity contribution in [1.82, 2.24) is 10.2 Å². The lowest BCUT2D eigenvalue weighted by molar-refractivity contribution is -0.121. The third-order valence-corrected chi connectivity index (χ3v) is 3.55. The van der Waals surface area contributed by atoms with Crippen molar-refractivity contribution in [2.45, 2.75) is 19.9 Å². The van der Waals surface area contributed by atoms with Gasteiger partial charge in [-0.2, -0.15) is 0 Å². The molecule has 1 aliphatic rings. The van der Waals surface area contributed by atoms with Gasteiger partial charge in [0.1, 0.15) is 6.04 Å². The van der Waals surface area contributed by atoms with E-state index < -0.39 is 0 Å². The Kier molecular flexibility index (Phi) is 4.22. The number of para-hydroxylation sites is 1. The smallest absolute Gasteiger partial charge is 0.245 e. The summed E-state index contributed by atoms with van der Waals surface area (Å²) in [7, 11) is 3.99. The second-order valence-corrected chi connectivity index (χ2v) is 5.50. The molecule has 2 rings (SSSR count). The molecule has 1 aromatic rings. The van der Waals surface area contributed by atoms with Crippen LogP contribution < -0.4 is 10.2 Å². The molecule has 1 unspecified atom stereocenters. The minimum Gasteiger partial charge on any atom is -0.309 e. The fraction of sp³-hybridized carbons (Fsp3) is 0.533. The summed E-state index contributed by atoms with van der Waals surface area (Å²) in [6.45, 7) is 6.46. The number of aryl methyl sites for hydroxylation is 2. The van der Waals surface area contributed by atoms with Gasteiger partial charge in [0.15, 0.2) is 0 Å². The summed E-state index contributed by atoms with van der Waals surface area (Å²) in [4.78, 5) is 16.6. The van der Waals surface area contributed by atoms with Gasteiger partial charge >= 0.3 is 0 Å². The summed E-state index contributed by atoms with van der Waals surface area (Å²) in [5.74, 6) is 0.178. The molecule has 1 fully saturated rings.